The van der Waals surface area contributed by atoms with Crippen molar-refractivity contribution in [3.8, 4) is 0 Å². The van der Waals surface area contributed by atoms with E-state index in [-0.39, 0.29) is 0 Å². The number of rotatable bonds is 4. The van der Waals surface area contributed by atoms with Crippen LogP contribution in [0, 0.1) is 11.6 Å². The highest BCUT2D eigenvalue weighted by Gasteiger charge is 2.35. The van der Waals surface area contributed by atoms with Crippen molar-refractivity contribution in [2.24, 2.45) is 0 Å². The minimum Gasteiger partial charge on any atom is -0.285 e. The molecule has 0 atom stereocenters. The summed E-state index contributed by atoms with van der Waals surface area (Å²) in [5.41, 5.74) is 0. The minimum absolute atomic E-state index is 0.623. The summed E-state index contributed by atoms with van der Waals surface area (Å²) in [4.78, 5) is -1.25. The van der Waals surface area contributed by atoms with Crippen LogP contribution >= 0.6 is 0 Å². The molecule has 6 nitrogen and oxygen atoms in total. The van der Waals surface area contributed by atoms with E-state index in [9.17, 15) is 30.8 Å². The molecule has 0 saturated heterocycles. The predicted molar refractivity (Wildman–Crippen MR) is 70.8 cm³/mol. The van der Waals surface area contributed by atoms with Crippen LogP contribution in [0.15, 0.2) is 58.3 Å². The van der Waals surface area contributed by atoms with E-state index in [1.165, 1.54) is 0 Å². The van der Waals surface area contributed by atoms with Crippen molar-refractivity contribution in [1.29, 1.82) is 0 Å². The van der Waals surface area contributed by atoms with Crippen LogP contribution in [0.3, 0.4) is 0 Å². The Morgan fingerprint density at radius 2 is 0.955 bits per heavy atom. The van der Waals surface area contributed by atoms with Crippen molar-refractivity contribution >= 4 is 20.0 Å². The van der Waals surface area contributed by atoms with Gasteiger partial charge in [0, 0.05) is 3.87 Å². The molecule has 0 aliphatic heterocycles. The van der Waals surface area contributed by atoms with Crippen LogP contribution in [-0.4, -0.2) is 25.9 Å². The second-order valence-corrected chi connectivity index (χ2v) is 7.86. The summed E-state index contributed by atoms with van der Waals surface area (Å²) in [7, 11) is -9.66. The number of hydrogen-bond acceptors (Lipinski definition) is 5. The SMILES string of the molecule is O=S(=O)(c1ccc(F)cc1)N(O)S(=O)(=O)c1ccc(F)cc1. The topological polar surface area (TPSA) is 91.8 Å². The average Bonchev–Trinajstić information content (AvgIpc) is 2.47. The molecule has 22 heavy (non-hydrogen) atoms. The largest absolute Gasteiger partial charge is 0.285 e. The third kappa shape index (κ3) is 2.99. The van der Waals surface area contributed by atoms with Crippen LogP contribution in [0.25, 0.3) is 0 Å². The highest BCUT2D eigenvalue weighted by molar-refractivity contribution is 8.03. The van der Waals surface area contributed by atoms with E-state index in [1.54, 1.807) is 0 Å². The zero-order valence-electron chi connectivity index (χ0n) is 10.7. The van der Waals surface area contributed by atoms with E-state index in [0.29, 0.717) is 0 Å². The molecule has 1 N–H and O–H groups in total. The third-order valence-corrected chi connectivity index (χ3v) is 6.37. The van der Waals surface area contributed by atoms with Gasteiger partial charge in [-0.1, -0.05) is 0 Å². The maximum absolute atomic E-state index is 12.8. The molecule has 2 rings (SSSR count). The van der Waals surface area contributed by atoms with E-state index in [2.05, 4.69) is 0 Å². The number of sulfonamides is 2. The van der Waals surface area contributed by atoms with Crippen molar-refractivity contribution in [2.75, 3.05) is 0 Å². The van der Waals surface area contributed by atoms with Crippen molar-refractivity contribution in [2.45, 2.75) is 9.79 Å². The predicted octanol–water partition coefficient (Wildman–Crippen LogP) is 1.73. The van der Waals surface area contributed by atoms with Gasteiger partial charge >= 0.3 is 0 Å². The molecule has 2 aromatic carbocycles. The molecule has 0 spiro atoms. The fourth-order valence-electron chi connectivity index (χ4n) is 1.52. The normalized spacial score (nSPS) is 12.5. The molecule has 0 bridgehead atoms. The van der Waals surface area contributed by atoms with Gasteiger partial charge in [0.15, 0.2) is 0 Å². The zero-order valence-corrected chi connectivity index (χ0v) is 12.4. The lowest BCUT2D eigenvalue weighted by atomic mass is 10.4. The number of halogens is 2. The fraction of sp³-hybridized carbons (Fsp3) is 0. The van der Waals surface area contributed by atoms with Gasteiger partial charge in [-0.15, -0.1) is 0 Å². The van der Waals surface area contributed by atoms with Gasteiger partial charge in [-0.25, -0.2) is 25.6 Å². The monoisotopic (exact) mass is 349 g/mol. The van der Waals surface area contributed by atoms with E-state index in [4.69, 9.17) is 0 Å². The van der Waals surface area contributed by atoms with Crippen LogP contribution in [-0.2, 0) is 20.0 Å². The lowest BCUT2D eigenvalue weighted by molar-refractivity contribution is 0.0943. The molecule has 0 saturated carbocycles. The van der Waals surface area contributed by atoms with Gasteiger partial charge in [0.25, 0.3) is 20.0 Å². The quantitative estimate of drug-likeness (QED) is 0.849. The number of benzene rings is 2. The smallest absolute Gasteiger partial charge is 0.279 e. The highest BCUT2D eigenvalue weighted by atomic mass is 32.3. The Morgan fingerprint density at radius 1 is 0.682 bits per heavy atom. The van der Waals surface area contributed by atoms with Gasteiger partial charge in [-0.05, 0) is 48.5 Å². The lowest BCUT2D eigenvalue weighted by Crippen LogP contribution is -2.33. The first kappa shape index (κ1) is 16.5. The Kier molecular flexibility index (Phi) is 4.29. The first-order chi connectivity index (χ1) is 10.2. The van der Waals surface area contributed by atoms with Crippen molar-refractivity contribution in [3.05, 3.63) is 60.2 Å². The summed E-state index contributed by atoms with van der Waals surface area (Å²) in [5.74, 6) is -1.46. The Morgan fingerprint density at radius 3 is 1.23 bits per heavy atom. The van der Waals surface area contributed by atoms with Gasteiger partial charge in [0.05, 0.1) is 9.79 Å². The van der Waals surface area contributed by atoms with E-state index < -0.39 is 45.3 Å². The second-order valence-electron chi connectivity index (χ2n) is 4.10. The molecule has 0 heterocycles. The Balaban J connectivity index is 2.47. The van der Waals surface area contributed by atoms with E-state index in [1.807, 2.05) is 0 Å². The average molecular weight is 349 g/mol. The van der Waals surface area contributed by atoms with Gasteiger partial charge in [0.1, 0.15) is 11.6 Å². The van der Waals surface area contributed by atoms with Gasteiger partial charge < -0.3 is 0 Å². The molecule has 0 aliphatic carbocycles. The molecule has 10 heteroatoms. The number of hydrogen-bond donors (Lipinski definition) is 1. The van der Waals surface area contributed by atoms with Crippen molar-refractivity contribution in [3.63, 3.8) is 0 Å². The van der Waals surface area contributed by atoms with E-state index in [0.717, 1.165) is 48.5 Å². The first-order valence-electron chi connectivity index (χ1n) is 5.66. The molecule has 0 fully saturated rings. The second kappa shape index (κ2) is 5.72. The maximum atomic E-state index is 12.8. The summed E-state index contributed by atoms with van der Waals surface area (Å²) in [5, 5.41) is 9.62. The van der Waals surface area contributed by atoms with Crippen LogP contribution in [0.2, 0.25) is 0 Å². The fourth-order valence-corrected chi connectivity index (χ4v) is 4.39. The molecular weight excluding hydrogens is 340 g/mol. The van der Waals surface area contributed by atoms with Gasteiger partial charge in [-0.2, -0.15) is 0 Å². The lowest BCUT2D eigenvalue weighted by Gasteiger charge is -2.15. The summed E-state index contributed by atoms with van der Waals surface area (Å²) >= 11 is 0. The maximum Gasteiger partial charge on any atom is 0.279 e. The Hall–Kier alpha value is -1.88. The van der Waals surface area contributed by atoms with Crippen molar-refractivity contribution < 1.29 is 30.8 Å². The molecule has 0 radical (unpaired) electrons. The van der Waals surface area contributed by atoms with E-state index >= 15 is 0 Å². The summed E-state index contributed by atoms with van der Waals surface area (Å²) in [6, 6.07) is 6.39. The molecule has 0 aromatic heterocycles. The molecular formula is C12H9F2NO5S2. The molecule has 118 valence electrons. The molecule has 0 amide bonds. The zero-order chi connectivity index (χ0) is 16.5. The third-order valence-electron chi connectivity index (χ3n) is 2.63. The Bertz CT molecular complexity index is 803. The number of nitrogens with zero attached hydrogens (tertiary/aromatic N) is 1. The summed E-state index contributed by atoms with van der Waals surface area (Å²) in [6.07, 6.45) is 0. The summed E-state index contributed by atoms with van der Waals surface area (Å²) in [6.45, 7) is 0. The van der Waals surface area contributed by atoms with Gasteiger partial charge in [-0.3, -0.25) is 5.21 Å². The van der Waals surface area contributed by atoms with Crippen molar-refractivity contribution in [1.82, 2.24) is 3.87 Å². The molecule has 0 aliphatic rings. The molecule has 0 unspecified atom stereocenters. The van der Waals surface area contributed by atoms with Crippen LogP contribution in [0.4, 0.5) is 8.78 Å². The first-order valence-corrected chi connectivity index (χ1v) is 8.54. The van der Waals surface area contributed by atoms with Crippen LogP contribution in [0.1, 0.15) is 0 Å². The summed E-state index contributed by atoms with van der Waals surface area (Å²) < 4.78 is 72.9. The Labute approximate surface area is 125 Å². The standard InChI is InChI=1S/C12H9F2NO5S2/c13-9-1-5-11(6-2-9)21(17,18)15(16)22(19,20)12-7-3-10(14)4-8-12/h1-8,16H. The highest BCUT2D eigenvalue weighted by Crippen LogP contribution is 2.22. The van der Waals surface area contributed by atoms with Crippen LogP contribution < -0.4 is 0 Å². The van der Waals surface area contributed by atoms with Gasteiger partial charge in [0.2, 0.25) is 0 Å². The minimum atomic E-state index is -4.83. The molecule has 2 aromatic rings. The van der Waals surface area contributed by atoms with Crippen LogP contribution in [0.5, 0.6) is 0 Å².